The van der Waals surface area contributed by atoms with Crippen molar-refractivity contribution in [3.05, 3.63) is 84.4 Å². The van der Waals surface area contributed by atoms with Crippen molar-refractivity contribution in [3.63, 3.8) is 0 Å². The summed E-state index contributed by atoms with van der Waals surface area (Å²) in [6.45, 7) is 3.23. The maximum absolute atomic E-state index is 12.5. The third kappa shape index (κ3) is 5.09. The van der Waals surface area contributed by atoms with Crippen LogP contribution in [0.1, 0.15) is 24.2 Å². The molecule has 0 atom stereocenters. The van der Waals surface area contributed by atoms with Gasteiger partial charge in [0, 0.05) is 11.1 Å². The maximum atomic E-state index is 12.5. The van der Waals surface area contributed by atoms with Crippen LogP contribution in [0.2, 0.25) is 0 Å². The number of nitrogens with one attached hydrogen (secondary N) is 1. The molecule has 0 spiro atoms. The van der Waals surface area contributed by atoms with Gasteiger partial charge in [0.1, 0.15) is 11.5 Å². The van der Waals surface area contributed by atoms with E-state index in [1.165, 1.54) is 12.1 Å². The van der Waals surface area contributed by atoms with Crippen molar-refractivity contribution in [2.45, 2.75) is 24.0 Å². The first-order chi connectivity index (χ1) is 15.8. The first kappa shape index (κ1) is 22.2. The second kappa shape index (κ2) is 9.25. The molecule has 3 aromatic carbocycles. The number of hydrogen-bond acceptors (Lipinski definition) is 7. The van der Waals surface area contributed by atoms with Crippen molar-refractivity contribution in [2.24, 2.45) is 0 Å². The molecule has 0 unspecified atom stereocenters. The molecule has 0 aliphatic carbocycles. The van der Waals surface area contributed by atoms with Crippen LogP contribution in [0.15, 0.2) is 88.2 Å². The minimum Gasteiger partial charge on any atom is -0.457 e. The number of amides is 1. The van der Waals surface area contributed by atoms with Gasteiger partial charge in [0.25, 0.3) is 5.91 Å². The second-order valence-corrected chi connectivity index (χ2v) is 9.93. The van der Waals surface area contributed by atoms with E-state index in [1.807, 2.05) is 30.3 Å². The van der Waals surface area contributed by atoms with Gasteiger partial charge in [-0.15, -0.1) is 5.10 Å². The van der Waals surface area contributed by atoms with Crippen LogP contribution in [-0.2, 0) is 9.84 Å². The quantitative estimate of drug-likeness (QED) is 0.412. The summed E-state index contributed by atoms with van der Waals surface area (Å²) in [4.78, 5) is 12.7. The van der Waals surface area contributed by atoms with Gasteiger partial charge >= 0.3 is 6.01 Å². The molecule has 8 nitrogen and oxygen atoms in total. The van der Waals surface area contributed by atoms with Crippen molar-refractivity contribution >= 4 is 21.8 Å². The highest BCUT2D eigenvalue weighted by molar-refractivity contribution is 7.92. The fraction of sp³-hybridized carbons (Fsp3) is 0.125. The number of rotatable bonds is 7. The largest absolute Gasteiger partial charge is 0.457 e. The van der Waals surface area contributed by atoms with Crippen LogP contribution >= 0.6 is 0 Å². The topological polar surface area (TPSA) is 111 Å². The van der Waals surface area contributed by atoms with Gasteiger partial charge < -0.3 is 9.15 Å². The number of carbonyl (C=O) groups excluding carboxylic acids is 1. The zero-order chi connectivity index (χ0) is 23.4. The Kier molecular flexibility index (Phi) is 6.23. The number of anilines is 1. The second-order valence-electron chi connectivity index (χ2n) is 7.43. The summed E-state index contributed by atoms with van der Waals surface area (Å²) >= 11 is 0. The van der Waals surface area contributed by atoms with Crippen LogP contribution in [0.25, 0.3) is 11.5 Å². The van der Waals surface area contributed by atoms with Gasteiger partial charge in [-0.25, -0.2) is 8.42 Å². The molecular formula is C24H21N3O5S. The number of nitrogens with zero attached hydrogens (tertiary/aromatic N) is 2. The summed E-state index contributed by atoms with van der Waals surface area (Å²) in [5, 5.41) is 9.73. The number of para-hydroxylation sites is 1. The number of benzene rings is 3. The van der Waals surface area contributed by atoms with Crippen molar-refractivity contribution in [3.8, 4) is 23.0 Å². The van der Waals surface area contributed by atoms with Gasteiger partial charge in [0.2, 0.25) is 5.89 Å². The first-order valence-electron chi connectivity index (χ1n) is 10.1. The summed E-state index contributed by atoms with van der Waals surface area (Å²) in [6, 6.07) is 22.1. The highest BCUT2D eigenvalue weighted by Crippen LogP contribution is 2.25. The van der Waals surface area contributed by atoms with E-state index in [2.05, 4.69) is 15.5 Å². The molecule has 1 amide bonds. The third-order valence-corrected chi connectivity index (χ3v) is 6.92. The molecule has 33 heavy (non-hydrogen) atoms. The van der Waals surface area contributed by atoms with Gasteiger partial charge in [-0.2, -0.15) is 0 Å². The van der Waals surface area contributed by atoms with Gasteiger partial charge in [0.15, 0.2) is 9.84 Å². The zero-order valence-electron chi connectivity index (χ0n) is 17.9. The molecule has 1 aromatic heterocycles. The number of hydrogen-bond donors (Lipinski definition) is 1. The van der Waals surface area contributed by atoms with E-state index in [4.69, 9.17) is 9.15 Å². The van der Waals surface area contributed by atoms with Crippen LogP contribution < -0.4 is 10.1 Å². The first-order valence-corrected chi connectivity index (χ1v) is 11.7. The highest BCUT2D eigenvalue weighted by Gasteiger charge is 2.21. The highest BCUT2D eigenvalue weighted by atomic mass is 32.2. The molecule has 9 heteroatoms. The standard InChI is InChI=1S/C24H21N3O5S/c1-16(2)33(29,30)21-10-6-7-18(15-21)23-26-27-24(32-23)25-22(28)17-11-13-20(14-12-17)31-19-8-4-3-5-9-19/h3-16H,1-2H3,(H,25,27,28). The van der Waals surface area contributed by atoms with Crippen LogP contribution in [-0.4, -0.2) is 29.8 Å². The van der Waals surface area contributed by atoms with E-state index in [1.54, 1.807) is 50.2 Å². The molecule has 1 N–H and O–H groups in total. The lowest BCUT2D eigenvalue weighted by Crippen LogP contribution is -2.13. The van der Waals surface area contributed by atoms with Crippen LogP contribution in [0.5, 0.6) is 11.5 Å². The molecule has 4 rings (SSSR count). The Hall–Kier alpha value is -3.98. The van der Waals surface area contributed by atoms with E-state index in [0.717, 1.165) is 0 Å². The number of carbonyl (C=O) groups is 1. The molecule has 0 bridgehead atoms. The van der Waals surface area contributed by atoms with E-state index in [0.29, 0.717) is 22.6 Å². The molecule has 0 saturated carbocycles. The van der Waals surface area contributed by atoms with Gasteiger partial charge in [-0.1, -0.05) is 29.4 Å². The molecule has 0 fully saturated rings. The fourth-order valence-corrected chi connectivity index (χ4v) is 4.04. The Bertz CT molecular complexity index is 1360. The van der Waals surface area contributed by atoms with Crippen molar-refractivity contribution < 1.29 is 22.4 Å². The molecule has 0 radical (unpaired) electrons. The van der Waals surface area contributed by atoms with Crippen molar-refractivity contribution in [1.82, 2.24) is 10.2 Å². The molecule has 0 aliphatic heterocycles. The molecule has 4 aromatic rings. The predicted octanol–water partition coefficient (Wildman–Crippen LogP) is 4.96. The molecule has 1 heterocycles. The SMILES string of the molecule is CC(C)S(=O)(=O)c1cccc(-c2nnc(NC(=O)c3ccc(Oc4ccccc4)cc3)o2)c1. The number of ether oxygens (including phenoxy) is 1. The Morgan fingerprint density at radius 1 is 0.909 bits per heavy atom. The summed E-state index contributed by atoms with van der Waals surface area (Å²) in [7, 11) is -3.45. The van der Waals surface area contributed by atoms with E-state index in [-0.39, 0.29) is 16.8 Å². The molecule has 0 aliphatic rings. The van der Waals surface area contributed by atoms with Gasteiger partial charge in [0.05, 0.1) is 10.1 Å². The lowest BCUT2D eigenvalue weighted by Gasteiger charge is -2.08. The monoisotopic (exact) mass is 463 g/mol. The van der Waals surface area contributed by atoms with Crippen LogP contribution in [0.3, 0.4) is 0 Å². The van der Waals surface area contributed by atoms with E-state index < -0.39 is 21.0 Å². The number of sulfone groups is 1. The fourth-order valence-electron chi connectivity index (χ4n) is 2.94. The molecule has 0 saturated heterocycles. The Morgan fingerprint density at radius 2 is 1.61 bits per heavy atom. The van der Waals surface area contributed by atoms with E-state index in [9.17, 15) is 13.2 Å². The summed E-state index contributed by atoms with van der Waals surface area (Å²) in [5.74, 6) is 0.942. The zero-order valence-corrected chi connectivity index (χ0v) is 18.7. The third-order valence-electron chi connectivity index (χ3n) is 4.77. The van der Waals surface area contributed by atoms with Crippen LogP contribution in [0, 0.1) is 0 Å². The lowest BCUT2D eigenvalue weighted by atomic mass is 10.2. The Balaban J connectivity index is 1.45. The summed E-state index contributed by atoms with van der Waals surface area (Å²) in [5.41, 5.74) is 0.812. The van der Waals surface area contributed by atoms with E-state index >= 15 is 0 Å². The Morgan fingerprint density at radius 3 is 2.30 bits per heavy atom. The normalized spacial score (nSPS) is 11.4. The lowest BCUT2D eigenvalue weighted by molar-refractivity contribution is 0.102. The maximum Gasteiger partial charge on any atom is 0.322 e. The minimum atomic E-state index is -3.45. The predicted molar refractivity (Wildman–Crippen MR) is 123 cm³/mol. The Labute approximate surface area is 191 Å². The molecule has 168 valence electrons. The summed E-state index contributed by atoms with van der Waals surface area (Å²) in [6.07, 6.45) is 0. The van der Waals surface area contributed by atoms with Gasteiger partial charge in [-0.05, 0) is 68.4 Å². The van der Waals surface area contributed by atoms with Crippen molar-refractivity contribution in [2.75, 3.05) is 5.32 Å². The summed E-state index contributed by atoms with van der Waals surface area (Å²) < 4.78 is 36.1. The average Bonchev–Trinajstić information content (AvgIpc) is 3.28. The average molecular weight is 464 g/mol. The number of aromatic nitrogens is 2. The van der Waals surface area contributed by atoms with Crippen molar-refractivity contribution in [1.29, 1.82) is 0 Å². The molecular weight excluding hydrogens is 442 g/mol. The minimum absolute atomic E-state index is 0.0951. The van der Waals surface area contributed by atoms with Crippen LogP contribution in [0.4, 0.5) is 6.01 Å². The smallest absolute Gasteiger partial charge is 0.322 e. The van der Waals surface area contributed by atoms with Gasteiger partial charge in [-0.3, -0.25) is 10.1 Å².